The molecule has 2 atom stereocenters. The highest BCUT2D eigenvalue weighted by molar-refractivity contribution is 6.09. The Kier molecular flexibility index (Phi) is 7.68. The van der Waals surface area contributed by atoms with E-state index in [-0.39, 0.29) is 5.91 Å². The molecule has 190 valence electrons. The lowest BCUT2D eigenvalue weighted by Gasteiger charge is -2.35. The van der Waals surface area contributed by atoms with Crippen molar-refractivity contribution in [3.63, 3.8) is 0 Å². The fraction of sp³-hybridized carbons (Fsp3) is 0.448. The van der Waals surface area contributed by atoms with Gasteiger partial charge in [0.2, 0.25) is 0 Å². The summed E-state index contributed by atoms with van der Waals surface area (Å²) in [5.74, 6) is 2.73. The number of aromatic nitrogens is 1. The Morgan fingerprint density at radius 1 is 1.00 bits per heavy atom. The minimum absolute atomic E-state index is 0.207. The van der Waals surface area contributed by atoms with Gasteiger partial charge in [-0.25, -0.2) is 4.98 Å². The monoisotopic (exact) mass is 488 g/mol. The van der Waals surface area contributed by atoms with Crippen molar-refractivity contribution in [2.45, 2.75) is 20.3 Å². The molecule has 0 aliphatic carbocycles. The molecule has 2 aliphatic rings. The zero-order chi connectivity index (χ0) is 24.9. The first-order chi connectivity index (χ1) is 17.6. The molecular weight excluding hydrogens is 452 g/mol. The predicted octanol–water partition coefficient (Wildman–Crippen LogP) is 4.68. The Morgan fingerprint density at radius 2 is 1.75 bits per heavy atom. The predicted molar refractivity (Wildman–Crippen MR) is 144 cm³/mol. The van der Waals surface area contributed by atoms with Crippen molar-refractivity contribution < 1.29 is 14.3 Å². The van der Waals surface area contributed by atoms with E-state index in [0.717, 1.165) is 74.0 Å². The molecule has 2 aliphatic heterocycles. The molecular formula is C29H36N4O3. The summed E-state index contributed by atoms with van der Waals surface area (Å²) in [5.41, 5.74) is 1.18. The van der Waals surface area contributed by atoms with Crippen molar-refractivity contribution in [2.24, 2.45) is 11.8 Å². The van der Waals surface area contributed by atoms with Gasteiger partial charge < -0.3 is 19.7 Å². The summed E-state index contributed by atoms with van der Waals surface area (Å²) in [4.78, 5) is 22.6. The van der Waals surface area contributed by atoms with Gasteiger partial charge in [0.25, 0.3) is 5.91 Å². The number of fused-ring (bicyclic) bond motifs is 1. The van der Waals surface area contributed by atoms with Crippen molar-refractivity contribution in [3.05, 3.63) is 60.3 Å². The average Bonchev–Trinajstić information content (AvgIpc) is 2.90. The molecule has 5 rings (SSSR count). The van der Waals surface area contributed by atoms with Gasteiger partial charge in [0, 0.05) is 49.2 Å². The van der Waals surface area contributed by atoms with Gasteiger partial charge in [-0.2, -0.15) is 0 Å². The van der Waals surface area contributed by atoms with Gasteiger partial charge >= 0.3 is 0 Å². The van der Waals surface area contributed by atoms with Crippen LogP contribution in [0.5, 0.6) is 5.75 Å². The maximum absolute atomic E-state index is 13.2. The van der Waals surface area contributed by atoms with Gasteiger partial charge in [-0.3, -0.25) is 9.69 Å². The highest BCUT2D eigenvalue weighted by Crippen LogP contribution is 2.32. The summed E-state index contributed by atoms with van der Waals surface area (Å²) >= 11 is 0. The van der Waals surface area contributed by atoms with Gasteiger partial charge in [-0.15, -0.1) is 0 Å². The van der Waals surface area contributed by atoms with Crippen molar-refractivity contribution >= 4 is 28.2 Å². The molecule has 0 bridgehead atoms. The number of benzene rings is 2. The Bertz CT molecular complexity index is 1180. The van der Waals surface area contributed by atoms with E-state index in [1.807, 2.05) is 48.5 Å². The highest BCUT2D eigenvalue weighted by atomic mass is 16.5. The first-order valence-corrected chi connectivity index (χ1v) is 13.0. The maximum atomic E-state index is 13.2. The van der Waals surface area contributed by atoms with Crippen LogP contribution in [0.15, 0.2) is 54.6 Å². The van der Waals surface area contributed by atoms with Crippen LogP contribution in [0.25, 0.3) is 10.8 Å². The molecule has 0 radical (unpaired) electrons. The minimum atomic E-state index is -0.207. The number of pyridine rings is 1. The molecule has 1 amide bonds. The second kappa shape index (κ2) is 11.3. The van der Waals surface area contributed by atoms with Crippen molar-refractivity contribution in [1.82, 2.24) is 9.88 Å². The molecule has 3 aromatic rings. The van der Waals surface area contributed by atoms with Crippen molar-refractivity contribution in [1.29, 1.82) is 0 Å². The van der Waals surface area contributed by atoms with Gasteiger partial charge in [-0.1, -0.05) is 44.2 Å². The van der Waals surface area contributed by atoms with Crippen LogP contribution in [-0.4, -0.2) is 68.3 Å². The van der Waals surface area contributed by atoms with E-state index in [9.17, 15) is 4.79 Å². The van der Waals surface area contributed by atoms with Crippen LogP contribution in [0, 0.1) is 11.8 Å². The molecule has 36 heavy (non-hydrogen) atoms. The van der Waals surface area contributed by atoms with E-state index in [2.05, 4.69) is 29.0 Å². The second-order valence-corrected chi connectivity index (χ2v) is 10.1. The van der Waals surface area contributed by atoms with Gasteiger partial charge in [0.05, 0.1) is 13.2 Å². The van der Waals surface area contributed by atoms with E-state index in [4.69, 9.17) is 14.5 Å². The van der Waals surface area contributed by atoms with Crippen LogP contribution in [0.4, 0.5) is 11.5 Å². The van der Waals surface area contributed by atoms with E-state index in [1.165, 1.54) is 6.42 Å². The number of hydrogen-bond acceptors (Lipinski definition) is 6. The summed E-state index contributed by atoms with van der Waals surface area (Å²) in [6, 6.07) is 17.6. The molecule has 1 N–H and O–H groups in total. The molecule has 2 unspecified atom stereocenters. The fourth-order valence-electron chi connectivity index (χ4n) is 5.38. The zero-order valence-corrected chi connectivity index (χ0v) is 21.3. The molecule has 2 aromatic carbocycles. The number of nitrogens with zero attached hydrogens (tertiary/aromatic N) is 3. The first kappa shape index (κ1) is 24.5. The smallest absolute Gasteiger partial charge is 0.274 e. The number of ether oxygens (including phenoxy) is 2. The summed E-state index contributed by atoms with van der Waals surface area (Å²) in [6.45, 7) is 11.4. The summed E-state index contributed by atoms with van der Waals surface area (Å²) in [6.07, 6.45) is 1.23. The van der Waals surface area contributed by atoms with Crippen LogP contribution in [0.3, 0.4) is 0 Å². The SMILES string of the molecule is CC1CC(C)CN(c2cccc(C(=O)Nc3ccc(OCCN4CCOCC4)c4ccccc34)n2)C1. The number of morpholine rings is 1. The second-order valence-electron chi connectivity index (χ2n) is 10.1. The highest BCUT2D eigenvalue weighted by Gasteiger charge is 2.23. The third-order valence-corrected chi connectivity index (χ3v) is 7.06. The summed E-state index contributed by atoms with van der Waals surface area (Å²) in [7, 11) is 0. The number of amides is 1. The van der Waals surface area contributed by atoms with E-state index < -0.39 is 0 Å². The standard InChI is InChI=1S/C29H36N4O3/c1-21-18-22(2)20-33(19-21)28-9-5-8-26(30-28)29(34)31-25-10-11-27(24-7-4-3-6-23(24)25)36-17-14-32-12-15-35-16-13-32/h3-11,21-22H,12-20H2,1-2H3,(H,31,34). The molecule has 3 heterocycles. The molecule has 2 saturated heterocycles. The molecule has 0 spiro atoms. The number of carbonyl (C=O) groups excluding carboxylic acids is 1. The zero-order valence-electron chi connectivity index (χ0n) is 21.3. The minimum Gasteiger partial charge on any atom is -0.492 e. The number of hydrogen-bond donors (Lipinski definition) is 1. The fourth-order valence-corrected chi connectivity index (χ4v) is 5.38. The lowest BCUT2D eigenvalue weighted by atomic mass is 9.92. The third kappa shape index (κ3) is 5.79. The van der Waals surface area contributed by atoms with Gasteiger partial charge in [0.15, 0.2) is 0 Å². The maximum Gasteiger partial charge on any atom is 0.274 e. The van der Waals surface area contributed by atoms with Crippen molar-refractivity contribution in [2.75, 3.05) is 62.8 Å². The van der Waals surface area contributed by atoms with Crippen LogP contribution >= 0.6 is 0 Å². The van der Waals surface area contributed by atoms with Gasteiger partial charge in [0.1, 0.15) is 23.9 Å². The number of rotatable bonds is 7. The molecule has 0 saturated carbocycles. The lowest BCUT2D eigenvalue weighted by molar-refractivity contribution is 0.0323. The quantitative estimate of drug-likeness (QED) is 0.521. The number of piperidine rings is 1. The van der Waals surface area contributed by atoms with E-state index in [1.54, 1.807) is 6.07 Å². The van der Waals surface area contributed by atoms with E-state index in [0.29, 0.717) is 24.1 Å². The van der Waals surface area contributed by atoms with Crippen LogP contribution < -0.4 is 15.0 Å². The van der Waals surface area contributed by atoms with Crippen LogP contribution in [-0.2, 0) is 4.74 Å². The Balaban J connectivity index is 1.29. The Hall–Kier alpha value is -3.16. The average molecular weight is 489 g/mol. The van der Waals surface area contributed by atoms with Crippen LogP contribution in [0.2, 0.25) is 0 Å². The molecule has 7 nitrogen and oxygen atoms in total. The van der Waals surface area contributed by atoms with Crippen molar-refractivity contribution in [3.8, 4) is 5.75 Å². The lowest BCUT2D eigenvalue weighted by Crippen LogP contribution is -2.39. The Labute approximate surface area is 213 Å². The third-order valence-electron chi connectivity index (χ3n) is 7.06. The topological polar surface area (TPSA) is 66.9 Å². The number of carbonyl (C=O) groups is 1. The number of anilines is 2. The van der Waals surface area contributed by atoms with E-state index >= 15 is 0 Å². The first-order valence-electron chi connectivity index (χ1n) is 13.0. The largest absolute Gasteiger partial charge is 0.492 e. The molecule has 1 aromatic heterocycles. The molecule has 7 heteroatoms. The summed E-state index contributed by atoms with van der Waals surface area (Å²) in [5, 5.41) is 5.02. The van der Waals surface area contributed by atoms with Crippen LogP contribution in [0.1, 0.15) is 30.8 Å². The molecule has 2 fully saturated rings. The summed E-state index contributed by atoms with van der Waals surface area (Å²) < 4.78 is 11.6. The number of nitrogens with one attached hydrogen (secondary N) is 1. The normalized spacial score (nSPS) is 20.9. The Morgan fingerprint density at radius 3 is 2.53 bits per heavy atom. The van der Waals surface area contributed by atoms with Gasteiger partial charge in [-0.05, 0) is 42.5 Å².